The average Bonchev–Trinajstić information content (AvgIpc) is 3.04. The van der Waals surface area contributed by atoms with Crippen LogP contribution in [0.1, 0.15) is 120 Å². The standard InChI is InChI=1S/C30H52O2/c1-20(2)10-9-16-30(8,32)22-13-18-28(6)21(22)11-12-24-27(5)17-15-25(31)26(3,4)23(27)14-19-29(24,28)7/h10,21-25,31-32H,9,11-19H2,1-8H3/t21?,22?,23?,24?,25-,27-,28+,29+,30?/m0/s1. The van der Waals surface area contributed by atoms with Crippen molar-refractivity contribution in [2.75, 3.05) is 0 Å². The van der Waals surface area contributed by atoms with Crippen LogP contribution in [0.3, 0.4) is 0 Å². The molecule has 0 aromatic carbocycles. The lowest BCUT2D eigenvalue weighted by Crippen LogP contribution is -2.64. The lowest BCUT2D eigenvalue weighted by molar-refractivity contribution is -0.225. The number of aliphatic hydroxyl groups excluding tert-OH is 1. The molecule has 9 atom stereocenters. The molecule has 4 aliphatic carbocycles. The molecule has 32 heavy (non-hydrogen) atoms. The van der Waals surface area contributed by atoms with Gasteiger partial charge in [-0.3, -0.25) is 0 Å². The average molecular weight is 445 g/mol. The minimum Gasteiger partial charge on any atom is -0.393 e. The molecule has 0 heterocycles. The maximum Gasteiger partial charge on any atom is 0.0653 e. The monoisotopic (exact) mass is 444 g/mol. The van der Waals surface area contributed by atoms with Crippen LogP contribution in [0.5, 0.6) is 0 Å². The quantitative estimate of drug-likeness (QED) is 0.440. The molecule has 4 saturated carbocycles. The lowest BCUT2D eigenvalue weighted by atomic mass is 9.35. The van der Waals surface area contributed by atoms with E-state index in [1.165, 1.54) is 50.5 Å². The number of allylic oxidation sites excluding steroid dienone is 2. The Bertz CT molecular complexity index is 746. The molecule has 0 radical (unpaired) electrons. The van der Waals surface area contributed by atoms with Crippen molar-refractivity contribution in [3.8, 4) is 0 Å². The van der Waals surface area contributed by atoms with E-state index in [2.05, 4.69) is 61.5 Å². The molecule has 4 rings (SSSR count). The van der Waals surface area contributed by atoms with Crippen molar-refractivity contribution in [2.24, 2.45) is 45.3 Å². The van der Waals surface area contributed by atoms with Gasteiger partial charge in [0.15, 0.2) is 0 Å². The van der Waals surface area contributed by atoms with Crippen molar-refractivity contribution in [3.63, 3.8) is 0 Å². The Morgan fingerprint density at radius 2 is 1.53 bits per heavy atom. The Balaban J connectivity index is 1.61. The molecule has 184 valence electrons. The normalized spacial score (nSPS) is 49.4. The summed E-state index contributed by atoms with van der Waals surface area (Å²) in [7, 11) is 0. The van der Waals surface area contributed by atoms with Crippen LogP contribution in [0, 0.1) is 45.3 Å². The molecule has 0 amide bonds. The second-order valence-electron chi connectivity index (χ2n) is 14.4. The van der Waals surface area contributed by atoms with Crippen molar-refractivity contribution in [1.29, 1.82) is 0 Å². The van der Waals surface area contributed by atoms with Crippen LogP contribution < -0.4 is 0 Å². The molecule has 0 bridgehead atoms. The van der Waals surface area contributed by atoms with Crippen molar-refractivity contribution in [3.05, 3.63) is 11.6 Å². The molecular weight excluding hydrogens is 392 g/mol. The Hall–Kier alpha value is -0.340. The molecule has 2 heteroatoms. The summed E-state index contributed by atoms with van der Waals surface area (Å²) in [5, 5.41) is 22.5. The Morgan fingerprint density at radius 3 is 2.19 bits per heavy atom. The fourth-order valence-corrected chi connectivity index (χ4v) is 10.3. The van der Waals surface area contributed by atoms with E-state index < -0.39 is 5.60 Å². The van der Waals surface area contributed by atoms with Crippen molar-refractivity contribution < 1.29 is 10.2 Å². The van der Waals surface area contributed by atoms with Crippen molar-refractivity contribution in [2.45, 2.75) is 131 Å². The van der Waals surface area contributed by atoms with Gasteiger partial charge in [-0.2, -0.15) is 0 Å². The van der Waals surface area contributed by atoms with E-state index in [1.807, 2.05) is 0 Å². The van der Waals surface area contributed by atoms with Gasteiger partial charge in [0.2, 0.25) is 0 Å². The van der Waals surface area contributed by atoms with Crippen LogP contribution in [0.25, 0.3) is 0 Å². The van der Waals surface area contributed by atoms with Gasteiger partial charge in [0.05, 0.1) is 11.7 Å². The summed E-state index contributed by atoms with van der Waals surface area (Å²) in [4.78, 5) is 0. The van der Waals surface area contributed by atoms with Gasteiger partial charge in [-0.15, -0.1) is 0 Å². The first-order chi connectivity index (χ1) is 14.7. The molecule has 0 aromatic rings. The smallest absolute Gasteiger partial charge is 0.0653 e. The fourth-order valence-electron chi connectivity index (χ4n) is 10.3. The van der Waals surface area contributed by atoms with Gasteiger partial charge >= 0.3 is 0 Å². The van der Waals surface area contributed by atoms with E-state index in [-0.39, 0.29) is 11.5 Å². The summed E-state index contributed by atoms with van der Waals surface area (Å²) in [6, 6.07) is 0. The molecule has 2 nitrogen and oxygen atoms in total. The van der Waals surface area contributed by atoms with Gasteiger partial charge in [-0.1, -0.05) is 46.3 Å². The van der Waals surface area contributed by atoms with Gasteiger partial charge in [-0.05, 0) is 130 Å². The fraction of sp³-hybridized carbons (Fsp3) is 0.933. The zero-order valence-corrected chi connectivity index (χ0v) is 22.4. The third-order valence-corrected chi connectivity index (χ3v) is 12.4. The van der Waals surface area contributed by atoms with Crippen LogP contribution in [0.2, 0.25) is 0 Å². The summed E-state index contributed by atoms with van der Waals surface area (Å²) in [6.45, 7) is 19.0. The Kier molecular flexibility index (Phi) is 6.07. The predicted molar refractivity (Wildman–Crippen MR) is 134 cm³/mol. The van der Waals surface area contributed by atoms with Crippen molar-refractivity contribution >= 4 is 0 Å². The molecule has 4 aliphatic rings. The number of fused-ring (bicyclic) bond motifs is 5. The largest absolute Gasteiger partial charge is 0.393 e. The highest BCUT2D eigenvalue weighted by Crippen LogP contribution is 2.75. The van der Waals surface area contributed by atoms with Gasteiger partial charge in [-0.25, -0.2) is 0 Å². The number of hydrogen-bond acceptors (Lipinski definition) is 2. The third-order valence-electron chi connectivity index (χ3n) is 12.4. The molecule has 0 spiro atoms. The summed E-state index contributed by atoms with van der Waals surface area (Å²) in [6.07, 6.45) is 13.8. The second kappa shape index (κ2) is 7.84. The van der Waals surface area contributed by atoms with E-state index in [1.54, 1.807) is 0 Å². The molecular formula is C30H52O2. The summed E-state index contributed by atoms with van der Waals surface area (Å²) in [5.74, 6) is 2.45. The first kappa shape index (κ1) is 24.8. The van der Waals surface area contributed by atoms with E-state index in [4.69, 9.17) is 0 Å². The maximum absolute atomic E-state index is 11.6. The van der Waals surface area contributed by atoms with Crippen LogP contribution in [-0.4, -0.2) is 21.9 Å². The van der Waals surface area contributed by atoms with Gasteiger partial charge < -0.3 is 10.2 Å². The van der Waals surface area contributed by atoms with E-state index in [0.29, 0.717) is 34.0 Å². The summed E-state index contributed by atoms with van der Waals surface area (Å²) >= 11 is 0. The van der Waals surface area contributed by atoms with Crippen molar-refractivity contribution in [1.82, 2.24) is 0 Å². The minimum atomic E-state index is -0.560. The molecule has 0 aromatic heterocycles. The highest BCUT2D eigenvalue weighted by atomic mass is 16.3. The predicted octanol–water partition coefficient (Wildman–Crippen LogP) is 7.53. The molecule has 4 fully saturated rings. The molecule has 0 saturated heterocycles. The maximum atomic E-state index is 11.6. The topological polar surface area (TPSA) is 40.5 Å². The molecule has 5 unspecified atom stereocenters. The number of rotatable bonds is 4. The van der Waals surface area contributed by atoms with E-state index in [0.717, 1.165) is 25.2 Å². The first-order valence-electron chi connectivity index (χ1n) is 13.7. The highest BCUT2D eigenvalue weighted by molar-refractivity contribution is 5.18. The van der Waals surface area contributed by atoms with Gasteiger partial charge in [0.1, 0.15) is 0 Å². The van der Waals surface area contributed by atoms with Crippen LogP contribution >= 0.6 is 0 Å². The summed E-state index contributed by atoms with van der Waals surface area (Å²) < 4.78 is 0. The number of hydrogen-bond donors (Lipinski definition) is 2. The SMILES string of the molecule is CC(C)=CCCC(C)(O)C1CC[C@]2(C)C1CCC1[C@@]3(C)CC[C@H](O)C(C)(C)C3CC[C@]12C. The zero-order chi connectivity index (χ0) is 23.7. The highest BCUT2D eigenvalue weighted by Gasteiger charge is 2.69. The van der Waals surface area contributed by atoms with Gasteiger partial charge in [0, 0.05) is 0 Å². The van der Waals surface area contributed by atoms with Crippen LogP contribution in [0.15, 0.2) is 11.6 Å². The number of aliphatic hydroxyl groups is 2. The minimum absolute atomic E-state index is 0.0267. The van der Waals surface area contributed by atoms with Crippen LogP contribution in [0.4, 0.5) is 0 Å². The Morgan fingerprint density at radius 1 is 0.875 bits per heavy atom. The van der Waals surface area contributed by atoms with E-state index in [9.17, 15) is 10.2 Å². The summed E-state index contributed by atoms with van der Waals surface area (Å²) in [5.41, 5.74) is 1.84. The second-order valence-corrected chi connectivity index (χ2v) is 14.4. The Labute approximate surface area is 198 Å². The van der Waals surface area contributed by atoms with Crippen LogP contribution in [-0.2, 0) is 0 Å². The first-order valence-corrected chi connectivity index (χ1v) is 13.7. The zero-order valence-electron chi connectivity index (χ0n) is 22.4. The van der Waals surface area contributed by atoms with E-state index >= 15 is 0 Å². The lowest BCUT2D eigenvalue weighted by Gasteiger charge is -2.70. The third kappa shape index (κ3) is 3.40. The molecule has 2 N–H and O–H groups in total. The molecule has 0 aliphatic heterocycles. The van der Waals surface area contributed by atoms with Gasteiger partial charge in [0.25, 0.3) is 0 Å².